The van der Waals surface area contributed by atoms with E-state index in [-0.39, 0.29) is 12.1 Å². The molecule has 0 aliphatic carbocycles. The maximum Gasteiger partial charge on any atom is 0.326 e. The molecule has 0 aromatic carbocycles. The summed E-state index contributed by atoms with van der Waals surface area (Å²) in [6.45, 7) is 6.31. The Kier molecular flexibility index (Phi) is 5.45. The normalized spacial score (nSPS) is 30.3. The third-order valence-electron chi connectivity index (χ3n) is 4.68. The first kappa shape index (κ1) is 16.1. The van der Waals surface area contributed by atoms with Gasteiger partial charge in [0, 0.05) is 19.6 Å². The van der Waals surface area contributed by atoms with E-state index in [1.807, 2.05) is 6.92 Å². The molecule has 0 saturated carbocycles. The Morgan fingerprint density at radius 1 is 1.24 bits per heavy atom. The van der Waals surface area contributed by atoms with Crippen molar-refractivity contribution >= 4 is 12.0 Å². The smallest absolute Gasteiger partial charge is 0.326 e. The highest BCUT2D eigenvalue weighted by Gasteiger charge is 2.38. The molecule has 0 bridgehead atoms. The number of carbonyl (C=O) groups excluding carboxylic acids is 1. The Bertz CT molecular complexity index is 388. The Morgan fingerprint density at radius 2 is 2.00 bits per heavy atom. The first-order chi connectivity index (χ1) is 10.1. The fraction of sp³-hybridized carbons (Fsp3) is 0.867. The zero-order chi connectivity index (χ0) is 15.4. The first-order valence-electron chi connectivity index (χ1n) is 7.96. The van der Waals surface area contributed by atoms with Crippen LogP contribution < -0.4 is 0 Å². The van der Waals surface area contributed by atoms with Crippen molar-refractivity contribution in [3.05, 3.63) is 0 Å². The monoisotopic (exact) mass is 298 g/mol. The van der Waals surface area contributed by atoms with E-state index in [2.05, 4.69) is 6.92 Å². The van der Waals surface area contributed by atoms with Crippen molar-refractivity contribution in [2.45, 2.75) is 51.7 Å². The average Bonchev–Trinajstić information content (AvgIpc) is 2.53. The summed E-state index contributed by atoms with van der Waals surface area (Å²) in [5.41, 5.74) is 0. The van der Waals surface area contributed by atoms with Crippen LogP contribution in [0.4, 0.5) is 4.79 Å². The molecule has 2 amide bonds. The first-order valence-corrected chi connectivity index (χ1v) is 7.96. The molecule has 3 unspecified atom stereocenters. The summed E-state index contributed by atoms with van der Waals surface area (Å²) in [5, 5.41) is 9.43. The number of ether oxygens (including phenoxy) is 1. The van der Waals surface area contributed by atoms with E-state index in [1.165, 1.54) is 0 Å². The van der Waals surface area contributed by atoms with Gasteiger partial charge in [0.25, 0.3) is 0 Å². The molecule has 2 fully saturated rings. The van der Waals surface area contributed by atoms with Gasteiger partial charge in [-0.3, -0.25) is 0 Å². The number of urea groups is 1. The number of morpholine rings is 1. The number of likely N-dealkylation sites (tertiary alicyclic amines) is 1. The highest BCUT2D eigenvalue weighted by molar-refractivity contribution is 5.83. The summed E-state index contributed by atoms with van der Waals surface area (Å²) in [6.07, 6.45) is 3.37. The summed E-state index contributed by atoms with van der Waals surface area (Å²) in [4.78, 5) is 27.5. The lowest BCUT2D eigenvalue weighted by Gasteiger charge is -2.41. The van der Waals surface area contributed by atoms with Gasteiger partial charge in [-0.15, -0.1) is 0 Å². The Balaban J connectivity index is 2.04. The summed E-state index contributed by atoms with van der Waals surface area (Å²) in [7, 11) is 0. The molecule has 6 heteroatoms. The predicted octanol–water partition coefficient (Wildman–Crippen LogP) is 1.79. The van der Waals surface area contributed by atoms with Crippen LogP contribution in [0.5, 0.6) is 0 Å². The molecule has 120 valence electrons. The van der Waals surface area contributed by atoms with Crippen molar-refractivity contribution < 1.29 is 19.4 Å². The highest BCUT2D eigenvalue weighted by Crippen LogP contribution is 2.27. The third-order valence-corrected chi connectivity index (χ3v) is 4.68. The zero-order valence-electron chi connectivity index (χ0n) is 13.0. The molecule has 1 N–H and O–H groups in total. The van der Waals surface area contributed by atoms with Crippen molar-refractivity contribution in [2.75, 3.05) is 26.2 Å². The molecule has 0 aromatic rings. The summed E-state index contributed by atoms with van der Waals surface area (Å²) in [5.74, 6) is -0.481. The quantitative estimate of drug-likeness (QED) is 0.862. The van der Waals surface area contributed by atoms with Crippen LogP contribution in [0.15, 0.2) is 0 Å². The molecule has 2 aliphatic rings. The third kappa shape index (κ3) is 3.67. The summed E-state index contributed by atoms with van der Waals surface area (Å²) >= 11 is 0. The predicted molar refractivity (Wildman–Crippen MR) is 78.1 cm³/mol. The number of amides is 2. The molecule has 6 nitrogen and oxygen atoms in total. The SMILES string of the molecule is CCC1CCN(C(=O)N2CCOC(CC)C2)C(C(=O)O)C1. The van der Waals surface area contributed by atoms with Gasteiger partial charge in [-0.2, -0.15) is 0 Å². The molecule has 2 aliphatic heterocycles. The molecular weight excluding hydrogens is 272 g/mol. The van der Waals surface area contributed by atoms with Gasteiger partial charge in [0.1, 0.15) is 6.04 Å². The van der Waals surface area contributed by atoms with Crippen molar-refractivity contribution in [2.24, 2.45) is 5.92 Å². The fourth-order valence-electron chi connectivity index (χ4n) is 3.19. The number of carboxylic acid groups (broad SMARTS) is 1. The molecule has 2 saturated heterocycles. The van der Waals surface area contributed by atoms with Gasteiger partial charge in [-0.05, 0) is 25.2 Å². The van der Waals surface area contributed by atoms with E-state index < -0.39 is 12.0 Å². The average molecular weight is 298 g/mol. The van der Waals surface area contributed by atoms with Crippen LogP contribution in [0, 0.1) is 5.92 Å². The van der Waals surface area contributed by atoms with Crippen molar-refractivity contribution in [3.8, 4) is 0 Å². The molecule has 0 aromatic heterocycles. The Hall–Kier alpha value is -1.30. The van der Waals surface area contributed by atoms with Crippen molar-refractivity contribution in [1.82, 2.24) is 9.80 Å². The van der Waals surface area contributed by atoms with Crippen LogP contribution in [0.1, 0.15) is 39.5 Å². The van der Waals surface area contributed by atoms with Crippen LogP contribution in [0.3, 0.4) is 0 Å². The fourth-order valence-corrected chi connectivity index (χ4v) is 3.19. The number of carbonyl (C=O) groups is 2. The van der Waals surface area contributed by atoms with Crippen LogP contribution in [0.25, 0.3) is 0 Å². The van der Waals surface area contributed by atoms with Gasteiger partial charge >= 0.3 is 12.0 Å². The number of aliphatic carboxylic acids is 1. The second-order valence-electron chi connectivity index (χ2n) is 5.98. The van der Waals surface area contributed by atoms with Crippen LogP contribution in [-0.2, 0) is 9.53 Å². The number of hydrogen-bond acceptors (Lipinski definition) is 3. The Labute approximate surface area is 126 Å². The lowest BCUT2D eigenvalue weighted by atomic mass is 9.89. The van der Waals surface area contributed by atoms with Crippen molar-refractivity contribution in [3.63, 3.8) is 0 Å². The number of piperidine rings is 1. The van der Waals surface area contributed by atoms with Crippen molar-refractivity contribution in [1.29, 1.82) is 0 Å². The molecule has 0 spiro atoms. The molecular formula is C15H26N2O4. The van der Waals surface area contributed by atoms with Crippen LogP contribution >= 0.6 is 0 Å². The van der Waals surface area contributed by atoms with Gasteiger partial charge in [0.05, 0.1) is 12.7 Å². The minimum Gasteiger partial charge on any atom is -0.480 e. The summed E-state index contributed by atoms with van der Waals surface area (Å²) < 4.78 is 5.57. The van der Waals surface area contributed by atoms with E-state index in [4.69, 9.17) is 4.74 Å². The van der Waals surface area contributed by atoms with E-state index in [0.717, 1.165) is 19.3 Å². The van der Waals surface area contributed by atoms with E-state index in [9.17, 15) is 14.7 Å². The lowest BCUT2D eigenvalue weighted by molar-refractivity contribution is -0.144. The molecule has 3 atom stereocenters. The zero-order valence-corrected chi connectivity index (χ0v) is 13.0. The second kappa shape index (κ2) is 7.11. The minimum atomic E-state index is -0.887. The van der Waals surface area contributed by atoms with E-state index in [1.54, 1.807) is 9.80 Å². The van der Waals surface area contributed by atoms with E-state index >= 15 is 0 Å². The number of rotatable bonds is 3. The van der Waals surface area contributed by atoms with Crippen LogP contribution in [-0.4, -0.2) is 65.3 Å². The lowest BCUT2D eigenvalue weighted by Crippen LogP contribution is -2.57. The highest BCUT2D eigenvalue weighted by atomic mass is 16.5. The molecule has 2 rings (SSSR count). The summed E-state index contributed by atoms with van der Waals surface area (Å²) in [6, 6.07) is -0.821. The topological polar surface area (TPSA) is 70.1 Å². The second-order valence-corrected chi connectivity index (χ2v) is 5.98. The maximum absolute atomic E-state index is 12.7. The van der Waals surface area contributed by atoms with Gasteiger partial charge in [-0.1, -0.05) is 20.3 Å². The minimum absolute atomic E-state index is 0.0687. The largest absolute Gasteiger partial charge is 0.480 e. The standard InChI is InChI=1S/C15H26N2O4/c1-3-11-5-6-17(13(9-11)14(18)19)15(20)16-7-8-21-12(4-2)10-16/h11-13H,3-10H2,1-2H3,(H,18,19). The maximum atomic E-state index is 12.7. The van der Waals surface area contributed by atoms with Gasteiger partial charge in [0.2, 0.25) is 0 Å². The van der Waals surface area contributed by atoms with E-state index in [0.29, 0.717) is 38.6 Å². The van der Waals surface area contributed by atoms with Crippen LogP contribution in [0.2, 0.25) is 0 Å². The molecule has 2 heterocycles. The molecule has 0 radical (unpaired) electrons. The van der Waals surface area contributed by atoms with Gasteiger partial charge in [-0.25, -0.2) is 9.59 Å². The molecule has 21 heavy (non-hydrogen) atoms. The van der Waals surface area contributed by atoms with Gasteiger partial charge < -0.3 is 19.6 Å². The van der Waals surface area contributed by atoms with Gasteiger partial charge in [0.15, 0.2) is 0 Å². The number of hydrogen-bond donors (Lipinski definition) is 1. The number of nitrogens with zero attached hydrogens (tertiary/aromatic N) is 2. The Morgan fingerprint density at radius 3 is 2.62 bits per heavy atom. The number of carboxylic acids is 1.